The Hall–Kier alpha value is -3.55. The van der Waals surface area contributed by atoms with Crippen molar-refractivity contribution in [1.29, 1.82) is 0 Å². The van der Waals surface area contributed by atoms with Crippen LogP contribution >= 0.6 is 0 Å². The number of aliphatic carboxylic acids is 1. The molecular weight excluding hydrogens is 484 g/mol. The molecule has 38 heavy (non-hydrogen) atoms. The minimum absolute atomic E-state index is 0.0178. The van der Waals surface area contributed by atoms with E-state index in [9.17, 15) is 14.4 Å². The van der Waals surface area contributed by atoms with E-state index in [1.807, 2.05) is 35.2 Å². The molecule has 1 heterocycles. The molecule has 204 valence electrons. The molecule has 2 aromatic carbocycles. The summed E-state index contributed by atoms with van der Waals surface area (Å²) in [4.78, 5) is 38.0. The van der Waals surface area contributed by atoms with Crippen molar-refractivity contribution in [1.82, 2.24) is 10.2 Å². The molecule has 2 aromatic rings. The predicted molar refractivity (Wildman–Crippen MR) is 144 cm³/mol. The maximum absolute atomic E-state index is 12.6. The number of carbonyl (C=O) groups excluding carboxylic acids is 2. The molecule has 0 radical (unpaired) electrons. The van der Waals surface area contributed by atoms with Crippen molar-refractivity contribution in [2.24, 2.45) is 11.8 Å². The third-order valence-corrected chi connectivity index (χ3v) is 7.49. The van der Waals surface area contributed by atoms with E-state index in [1.54, 1.807) is 24.3 Å². The second-order valence-corrected chi connectivity index (χ2v) is 10.3. The lowest BCUT2D eigenvalue weighted by Gasteiger charge is -2.31. The molecule has 2 fully saturated rings. The average molecular weight is 523 g/mol. The number of Topliss-reactive ketones (excluding diaryl/α,β-unsaturated/α-hetero) is 1. The van der Waals surface area contributed by atoms with E-state index < -0.39 is 5.97 Å². The molecule has 1 aliphatic heterocycles. The van der Waals surface area contributed by atoms with Crippen molar-refractivity contribution in [3.8, 4) is 11.5 Å². The van der Waals surface area contributed by atoms with E-state index in [4.69, 9.17) is 14.6 Å². The Kier molecular flexibility index (Phi) is 10.0. The summed E-state index contributed by atoms with van der Waals surface area (Å²) >= 11 is 0. The van der Waals surface area contributed by atoms with Gasteiger partial charge in [-0.3, -0.25) is 9.59 Å². The van der Waals surface area contributed by atoms with Gasteiger partial charge in [-0.25, -0.2) is 4.79 Å². The highest BCUT2D eigenvalue weighted by molar-refractivity contribution is 5.96. The second kappa shape index (κ2) is 13.8. The van der Waals surface area contributed by atoms with E-state index in [-0.39, 0.29) is 23.8 Å². The van der Waals surface area contributed by atoms with Crippen LogP contribution in [0.25, 0.3) is 0 Å². The molecule has 1 saturated heterocycles. The first-order valence-electron chi connectivity index (χ1n) is 13.7. The van der Waals surface area contributed by atoms with Crippen molar-refractivity contribution in [2.75, 3.05) is 26.2 Å². The van der Waals surface area contributed by atoms with Gasteiger partial charge in [-0.15, -0.1) is 0 Å². The number of hydrogen-bond acceptors (Lipinski definition) is 5. The molecule has 0 spiro atoms. The number of nitrogens with zero attached hydrogens (tertiary/aromatic N) is 1. The first kappa shape index (κ1) is 27.5. The number of carboxylic acid groups (broad SMARTS) is 1. The lowest BCUT2D eigenvalue weighted by molar-refractivity contribution is -0.143. The van der Waals surface area contributed by atoms with Gasteiger partial charge in [-0.05, 0) is 87.3 Å². The van der Waals surface area contributed by atoms with Crippen LogP contribution in [0.15, 0.2) is 54.6 Å². The number of ketones is 1. The van der Waals surface area contributed by atoms with E-state index >= 15 is 0 Å². The molecule has 2 aliphatic rings. The van der Waals surface area contributed by atoms with Crippen LogP contribution in [0.1, 0.15) is 61.7 Å². The zero-order valence-corrected chi connectivity index (χ0v) is 21.8. The van der Waals surface area contributed by atoms with Crippen LogP contribution in [0.2, 0.25) is 0 Å². The number of carbonyl (C=O) groups is 3. The summed E-state index contributed by atoms with van der Waals surface area (Å²) in [6, 6.07) is 16.9. The summed E-state index contributed by atoms with van der Waals surface area (Å²) in [6.45, 7) is 2.55. The molecule has 2 amide bonds. The van der Waals surface area contributed by atoms with Gasteiger partial charge in [0.1, 0.15) is 11.5 Å². The van der Waals surface area contributed by atoms with Gasteiger partial charge in [0.25, 0.3) is 0 Å². The maximum Gasteiger partial charge on any atom is 0.317 e. The van der Waals surface area contributed by atoms with Gasteiger partial charge in [-0.1, -0.05) is 18.2 Å². The number of carboxylic acids is 1. The van der Waals surface area contributed by atoms with Gasteiger partial charge in [0, 0.05) is 31.6 Å². The van der Waals surface area contributed by atoms with E-state index in [0.717, 1.165) is 31.4 Å². The minimum atomic E-state index is -0.726. The highest BCUT2D eigenvalue weighted by Gasteiger charge is 2.27. The van der Waals surface area contributed by atoms with Crippen LogP contribution in [0.5, 0.6) is 11.5 Å². The Bertz CT molecular complexity index is 1040. The molecule has 8 nitrogen and oxygen atoms in total. The third-order valence-electron chi connectivity index (χ3n) is 7.49. The summed E-state index contributed by atoms with van der Waals surface area (Å²) in [5.74, 6) is 1.06. The number of hydrogen-bond donors (Lipinski definition) is 2. The minimum Gasteiger partial charge on any atom is -0.493 e. The fourth-order valence-corrected chi connectivity index (χ4v) is 5.07. The number of urea groups is 1. The quantitative estimate of drug-likeness (QED) is 0.312. The van der Waals surface area contributed by atoms with E-state index in [2.05, 4.69) is 5.32 Å². The van der Waals surface area contributed by atoms with Gasteiger partial charge >= 0.3 is 12.0 Å². The lowest BCUT2D eigenvalue weighted by Crippen LogP contribution is -2.45. The van der Waals surface area contributed by atoms with E-state index in [0.29, 0.717) is 69.2 Å². The highest BCUT2D eigenvalue weighted by Crippen LogP contribution is 2.28. The van der Waals surface area contributed by atoms with Crippen LogP contribution in [-0.4, -0.2) is 60.1 Å². The van der Waals surface area contributed by atoms with Gasteiger partial charge < -0.3 is 24.8 Å². The zero-order valence-electron chi connectivity index (χ0n) is 21.8. The molecule has 4 rings (SSSR count). The Morgan fingerprint density at radius 2 is 1.55 bits per heavy atom. The number of amides is 2. The first-order valence-corrected chi connectivity index (χ1v) is 13.7. The summed E-state index contributed by atoms with van der Waals surface area (Å²) in [5, 5.41) is 12.1. The standard InChI is InChI=1S/C30H38N2O6/c33-28(23-8-12-26(13-9-23)38-27-14-10-24(11-15-27)29(34)35)7-4-18-31-30(36)32-19-16-22(17-20-32)21-37-25-5-2-1-3-6-25/h1-3,5-6,8-9,12-13,22,24,27H,4,7,10-11,14-21H2,(H,31,36)(H,34,35). The number of likely N-dealkylation sites (tertiary alicyclic amines) is 1. The lowest BCUT2D eigenvalue weighted by atomic mass is 9.87. The Morgan fingerprint density at radius 1 is 0.868 bits per heavy atom. The Morgan fingerprint density at radius 3 is 2.21 bits per heavy atom. The molecule has 1 saturated carbocycles. The van der Waals surface area contributed by atoms with Crippen molar-refractivity contribution >= 4 is 17.8 Å². The van der Waals surface area contributed by atoms with Crippen LogP contribution in [0.3, 0.4) is 0 Å². The molecular formula is C30H38N2O6. The molecule has 0 unspecified atom stereocenters. The Balaban J connectivity index is 1.08. The maximum atomic E-state index is 12.6. The number of nitrogens with one attached hydrogen (secondary N) is 1. The number of para-hydroxylation sites is 1. The molecule has 1 aliphatic carbocycles. The van der Waals surface area contributed by atoms with Crippen LogP contribution in [0, 0.1) is 11.8 Å². The average Bonchev–Trinajstić information content (AvgIpc) is 2.95. The fourth-order valence-electron chi connectivity index (χ4n) is 5.07. The fraction of sp³-hybridized carbons (Fsp3) is 0.500. The summed E-state index contributed by atoms with van der Waals surface area (Å²) in [6.07, 6.45) is 5.52. The molecule has 0 bridgehead atoms. The van der Waals surface area contributed by atoms with Gasteiger partial charge in [0.15, 0.2) is 5.78 Å². The Labute approximate surface area is 224 Å². The first-order chi connectivity index (χ1) is 18.5. The van der Waals surface area contributed by atoms with E-state index in [1.165, 1.54) is 0 Å². The monoisotopic (exact) mass is 522 g/mol. The number of rotatable bonds is 11. The largest absolute Gasteiger partial charge is 0.493 e. The smallest absolute Gasteiger partial charge is 0.317 e. The topological polar surface area (TPSA) is 105 Å². The van der Waals surface area contributed by atoms with Gasteiger partial charge in [0.2, 0.25) is 0 Å². The van der Waals surface area contributed by atoms with Crippen LogP contribution in [-0.2, 0) is 4.79 Å². The third kappa shape index (κ3) is 8.23. The summed E-state index contributed by atoms with van der Waals surface area (Å²) < 4.78 is 11.8. The number of benzene rings is 2. The van der Waals surface area contributed by atoms with Crippen molar-refractivity contribution in [2.45, 2.75) is 57.5 Å². The van der Waals surface area contributed by atoms with Crippen molar-refractivity contribution in [3.05, 3.63) is 60.2 Å². The highest BCUT2D eigenvalue weighted by atomic mass is 16.5. The van der Waals surface area contributed by atoms with Crippen molar-refractivity contribution < 1.29 is 29.0 Å². The summed E-state index contributed by atoms with van der Waals surface area (Å²) in [5.41, 5.74) is 0.623. The van der Waals surface area contributed by atoms with Crippen molar-refractivity contribution in [3.63, 3.8) is 0 Å². The molecule has 2 N–H and O–H groups in total. The van der Waals surface area contributed by atoms with Crippen LogP contribution in [0.4, 0.5) is 4.79 Å². The SMILES string of the molecule is O=C(CCCNC(=O)N1CCC(COc2ccccc2)CC1)c1ccc(OC2CCC(C(=O)O)CC2)cc1. The molecule has 0 atom stereocenters. The zero-order chi connectivity index (χ0) is 26.7. The molecule has 8 heteroatoms. The normalized spacial score (nSPS) is 19.9. The van der Waals surface area contributed by atoms with Gasteiger partial charge in [0.05, 0.1) is 18.6 Å². The van der Waals surface area contributed by atoms with Crippen LogP contribution < -0.4 is 14.8 Å². The number of ether oxygens (including phenoxy) is 2. The second-order valence-electron chi connectivity index (χ2n) is 10.3. The predicted octanol–water partition coefficient (Wildman–Crippen LogP) is 5.17. The number of piperidine rings is 1. The molecule has 0 aromatic heterocycles. The summed E-state index contributed by atoms with van der Waals surface area (Å²) in [7, 11) is 0. The van der Waals surface area contributed by atoms with Gasteiger partial charge in [-0.2, -0.15) is 0 Å².